The Hall–Kier alpha value is -2.29. The van der Waals surface area contributed by atoms with Crippen LogP contribution < -0.4 is 10.5 Å². The number of hydrogen-bond acceptors (Lipinski definition) is 7. The first-order valence-corrected chi connectivity index (χ1v) is 12.2. The maximum Gasteiger partial charge on any atom is 0.259 e. The van der Waals surface area contributed by atoms with Crippen molar-refractivity contribution in [1.29, 1.82) is 0 Å². The van der Waals surface area contributed by atoms with E-state index in [-0.39, 0.29) is 5.56 Å². The molecule has 0 bridgehead atoms. The number of H-pyrrole nitrogens is 1. The van der Waals surface area contributed by atoms with Gasteiger partial charge in [0.1, 0.15) is 10.7 Å². The second-order valence-corrected chi connectivity index (χ2v) is 10.2. The van der Waals surface area contributed by atoms with E-state index < -0.39 is 0 Å². The Morgan fingerprint density at radius 3 is 2.70 bits per heavy atom. The zero-order valence-corrected chi connectivity index (χ0v) is 18.3. The van der Waals surface area contributed by atoms with Crippen LogP contribution in [0.15, 0.2) is 29.1 Å². The SMILES string of the molecule is O=c1[nH]c(CN2CCN(c3nc4ccccc4s3)CC2)nc2sc3c(c12)CCCC3. The second-order valence-electron chi connectivity index (χ2n) is 8.13. The fourth-order valence-corrected chi connectivity index (χ4v) is 6.89. The molecule has 30 heavy (non-hydrogen) atoms. The summed E-state index contributed by atoms with van der Waals surface area (Å²) in [6.07, 6.45) is 4.52. The highest BCUT2D eigenvalue weighted by Crippen LogP contribution is 2.33. The van der Waals surface area contributed by atoms with Crippen molar-refractivity contribution in [1.82, 2.24) is 19.9 Å². The fraction of sp³-hybridized carbons (Fsp3) is 0.409. The first-order valence-electron chi connectivity index (χ1n) is 10.6. The molecule has 4 aromatic rings. The van der Waals surface area contributed by atoms with Gasteiger partial charge in [-0.3, -0.25) is 9.69 Å². The van der Waals surface area contributed by atoms with Crippen LogP contribution >= 0.6 is 22.7 Å². The number of nitrogens with one attached hydrogen (secondary N) is 1. The van der Waals surface area contributed by atoms with Crippen LogP contribution in [0.3, 0.4) is 0 Å². The summed E-state index contributed by atoms with van der Waals surface area (Å²) in [5.74, 6) is 0.791. The summed E-state index contributed by atoms with van der Waals surface area (Å²) < 4.78 is 1.24. The average Bonchev–Trinajstić information content (AvgIpc) is 3.35. The minimum Gasteiger partial charge on any atom is -0.345 e. The van der Waals surface area contributed by atoms with E-state index in [1.165, 1.54) is 28.0 Å². The van der Waals surface area contributed by atoms with Crippen molar-refractivity contribution in [2.75, 3.05) is 31.1 Å². The van der Waals surface area contributed by atoms with E-state index in [9.17, 15) is 4.79 Å². The number of rotatable bonds is 3. The van der Waals surface area contributed by atoms with E-state index in [1.54, 1.807) is 22.7 Å². The number of anilines is 1. The predicted octanol–water partition coefficient (Wildman–Crippen LogP) is 3.80. The molecule has 8 heteroatoms. The maximum atomic E-state index is 12.8. The van der Waals surface area contributed by atoms with Crippen LogP contribution in [0.2, 0.25) is 0 Å². The average molecular weight is 438 g/mol. The van der Waals surface area contributed by atoms with Crippen LogP contribution in [0.5, 0.6) is 0 Å². The number of thiazole rings is 1. The monoisotopic (exact) mass is 437 g/mol. The van der Waals surface area contributed by atoms with Crippen molar-refractivity contribution in [3.05, 3.63) is 50.9 Å². The maximum absolute atomic E-state index is 12.8. The Bertz CT molecular complexity index is 1250. The van der Waals surface area contributed by atoms with Gasteiger partial charge in [0.25, 0.3) is 5.56 Å². The summed E-state index contributed by atoms with van der Waals surface area (Å²) in [7, 11) is 0. The van der Waals surface area contributed by atoms with E-state index in [0.29, 0.717) is 6.54 Å². The first-order chi connectivity index (χ1) is 14.7. The molecular weight excluding hydrogens is 414 g/mol. The van der Waals surface area contributed by atoms with E-state index in [4.69, 9.17) is 9.97 Å². The van der Waals surface area contributed by atoms with Crippen molar-refractivity contribution < 1.29 is 0 Å². The Balaban J connectivity index is 1.17. The standard InChI is InChI=1S/C22H23N5OS2/c28-20-19-14-5-1-3-7-16(14)29-21(19)25-18(24-20)13-26-9-11-27(12-10-26)22-23-15-6-2-4-8-17(15)30-22/h2,4,6,8H,1,3,5,7,9-13H2,(H,24,25,28). The largest absolute Gasteiger partial charge is 0.345 e. The summed E-state index contributed by atoms with van der Waals surface area (Å²) in [4.78, 5) is 32.5. The number of nitrogens with zero attached hydrogens (tertiary/aromatic N) is 4. The van der Waals surface area contributed by atoms with Crippen molar-refractivity contribution in [2.45, 2.75) is 32.2 Å². The molecule has 0 amide bonds. The minimum atomic E-state index is 0.0440. The van der Waals surface area contributed by atoms with Crippen LogP contribution in [0.1, 0.15) is 29.1 Å². The fourth-order valence-electron chi connectivity index (χ4n) is 4.59. The molecule has 3 aromatic heterocycles. The van der Waals surface area contributed by atoms with Gasteiger partial charge in [0.15, 0.2) is 5.13 Å². The second kappa shape index (κ2) is 7.44. The lowest BCUT2D eigenvalue weighted by molar-refractivity contribution is 0.244. The number of aryl methyl sites for hydroxylation is 2. The number of piperazine rings is 1. The lowest BCUT2D eigenvalue weighted by Gasteiger charge is -2.34. The molecule has 0 spiro atoms. The van der Waals surface area contributed by atoms with Gasteiger partial charge in [0.05, 0.1) is 22.1 Å². The third-order valence-corrected chi connectivity index (χ3v) is 8.46. The topological polar surface area (TPSA) is 65.1 Å². The van der Waals surface area contributed by atoms with Crippen LogP contribution in [-0.2, 0) is 19.4 Å². The van der Waals surface area contributed by atoms with Crippen LogP contribution in [0, 0.1) is 0 Å². The third kappa shape index (κ3) is 3.23. The Labute approximate surface area is 182 Å². The number of hydrogen-bond donors (Lipinski definition) is 1. The smallest absolute Gasteiger partial charge is 0.259 e. The molecule has 0 saturated carbocycles. The Morgan fingerprint density at radius 2 is 1.83 bits per heavy atom. The van der Waals surface area contributed by atoms with Crippen molar-refractivity contribution in [3.63, 3.8) is 0 Å². The number of fused-ring (bicyclic) bond motifs is 4. The molecule has 0 atom stereocenters. The van der Waals surface area contributed by atoms with Gasteiger partial charge in [-0.05, 0) is 43.4 Å². The molecule has 0 unspecified atom stereocenters. The number of aromatic nitrogens is 3. The predicted molar refractivity (Wildman–Crippen MR) is 124 cm³/mol. The molecule has 1 aromatic carbocycles. The van der Waals surface area contributed by atoms with E-state index in [0.717, 1.165) is 65.7 Å². The van der Waals surface area contributed by atoms with Gasteiger partial charge in [-0.1, -0.05) is 23.5 Å². The van der Waals surface area contributed by atoms with Crippen LogP contribution in [0.25, 0.3) is 20.4 Å². The normalized spacial score (nSPS) is 17.7. The number of benzene rings is 1. The van der Waals surface area contributed by atoms with Gasteiger partial charge in [-0.2, -0.15) is 0 Å². The summed E-state index contributed by atoms with van der Waals surface area (Å²) in [6, 6.07) is 8.31. The third-order valence-electron chi connectivity index (χ3n) is 6.17. The first kappa shape index (κ1) is 18.5. The van der Waals surface area contributed by atoms with Gasteiger partial charge in [-0.15, -0.1) is 11.3 Å². The highest BCUT2D eigenvalue weighted by molar-refractivity contribution is 7.22. The summed E-state index contributed by atoms with van der Waals surface area (Å²) in [6.45, 7) is 4.47. The lowest BCUT2D eigenvalue weighted by Crippen LogP contribution is -2.46. The van der Waals surface area contributed by atoms with Crippen LogP contribution in [-0.4, -0.2) is 46.0 Å². The van der Waals surface area contributed by atoms with Gasteiger partial charge >= 0.3 is 0 Å². The molecule has 6 nitrogen and oxygen atoms in total. The highest BCUT2D eigenvalue weighted by Gasteiger charge is 2.23. The zero-order chi connectivity index (χ0) is 20.1. The van der Waals surface area contributed by atoms with Crippen molar-refractivity contribution in [2.24, 2.45) is 0 Å². The van der Waals surface area contributed by atoms with Gasteiger partial charge in [0, 0.05) is 31.1 Å². The molecule has 154 valence electrons. The van der Waals surface area contributed by atoms with Gasteiger partial charge < -0.3 is 9.88 Å². The zero-order valence-electron chi connectivity index (χ0n) is 16.7. The van der Waals surface area contributed by atoms with E-state index in [2.05, 4.69) is 33.0 Å². The van der Waals surface area contributed by atoms with Crippen molar-refractivity contribution >= 4 is 48.2 Å². The summed E-state index contributed by atoms with van der Waals surface area (Å²) in [5.41, 5.74) is 2.38. The molecule has 2 aliphatic rings. The Morgan fingerprint density at radius 1 is 1.00 bits per heavy atom. The van der Waals surface area contributed by atoms with Crippen molar-refractivity contribution in [3.8, 4) is 0 Å². The molecular formula is C22H23N5OS2. The van der Waals surface area contributed by atoms with Crippen LogP contribution in [0.4, 0.5) is 5.13 Å². The molecule has 1 fully saturated rings. The number of aromatic amines is 1. The number of para-hydroxylation sites is 1. The molecule has 4 heterocycles. The number of thiophene rings is 1. The highest BCUT2D eigenvalue weighted by atomic mass is 32.1. The quantitative estimate of drug-likeness (QED) is 0.528. The molecule has 6 rings (SSSR count). The van der Waals surface area contributed by atoms with Gasteiger partial charge in [-0.25, -0.2) is 9.97 Å². The van der Waals surface area contributed by atoms with E-state index >= 15 is 0 Å². The van der Waals surface area contributed by atoms with Gasteiger partial charge in [0.2, 0.25) is 0 Å². The lowest BCUT2D eigenvalue weighted by atomic mass is 9.97. The molecule has 1 aliphatic carbocycles. The minimum absolute atomic E-state index is 0.0440. The molecule has 0 radical (unpaired) electrons. The van der Waals surface area contributed by atoms with E-state index in [1.807, 2.05) is 6.07 Å². The Kier molecular flexibility index (Phi) is 4.58. The molecule has 1 N–H and O–H groups in total. The summed E-state index contributed by atoms with van der Waals surface area (Å²) in [5, 5.41) is 1.95. The summed E-state index contributed by atoms with van der Waals surface area (Å²) >= 11 is 3.49. The molecule has 1 aliphatic heterocycles. The molecule has 1 saturated heterocycles.